The molecule has 2 aromatic heterocycles. The lowest BCUT2D eigenvalue weighted by atomic mass is 9.96. The number of benzene rings is 1. The van der Waals surface area contributed by atoms with E-state index >= 15 is 0 Å². The van der Waals surface area contributed by atoms with Gasteiger partial charge in [0.15, 0.2) is 11.5 Å². The molecule has 0 saturated heterocycles. The Bertz CT molecular complexity index is 933. The first-order valence-corrected chi connectivity index (χ1v) is 9.70. The van der Waals surface area contributed by atoms with Gasteiger partial charge in [-0.2, -0.15) is 0 Å². The number of hydrogen-bond donors (Lipinski definition) is 0. The van der Waals surface area contributed by atoms with Gasteiger partial charge < -0.3 is 9.47 Å². The third kappa shape index (κ3) is 4.22. The van der Waals surface area contributed by atoms with Gasteiger partial charge in [0.05, 0.1) is 13.2 Å². The summed E-state index contributed by atoms with van der Waals surface area (Å²) in [7, 11) is 1.69. The predicted molar refractivity (Wildman–Crippen MR) is 111 cm³/mol. The molecular formula is C24H24N2O2. The molecule has 0 radical (unpaired) electrons. The molecule has 28 heavy (non-hydrogen) atoms. The van der Waals surface area contributed by atoms with E-state index in [-0.39, 0.29) is 6.10 Å². The summed E-state index contributed by atoms with van der Waals surface area (Å²) in [6.07, 6.45) is 14.4. The maximum Gasteiger partial charge on any atom is 0.162 e. The van der Waals surface area contributed by atoms with E-state index in [1.54, 1.807) is 19.5 Å². The van der Waals surface area contributed by atoms with Crippen LogP contribution >= 0.6 is 0 Å². The fourth-order valence-electron chi connectivity index (χ4n) is 3.61. The molecule has 1 saturated carbocycles. The minimum atomic E-state index is 0.276. The fraction of sp³-hybridized carbons (Fsp3) is 0.250. The maximum absolute atomic E-state index is 6.30. The van der Waals surface area contributed by atoms with E-state index < -0.39 is 0 Å². The van der Waals surface area contributed by atoms with Gasteiger partial charge in [-0.3, -0.25) is 9.97 Å². The molecule has 0 spiro atoms. The van der Waals surface area contributed by atoms with E-state index in [1.165, 1.54) is 12.8 Å². The van der Waals surface area contributed by atoms with Gasteiger partial charge in [-0.15, -0.1) is 0 Å². The summed E-state index contributed by atoms with van der Waals surface area (Å²) in [6, 6.07) is 14.2. The zero-order chi connectivity index (χ0) is 19.2. The molecule has 0 aliphatic heterocycles. The molecule has 4 rings (SSSR count). The standard InChI is InChI=1S/C24H24N2O2/c1-27-23-7-6-20(17-24(23)28-21-4-2-3-5-21)22(19-10-14-26-15-11-19)16-18-8-12-25-13-9-18/h6-17,21H,2-5H2,1H3/b22-16+. The zero-order valence-electron chi connectivity index (χ0n) is 16.0. The number of hydrogen-bond acceptors (Lipinski definition) is 4. The molecule has 0 atom stereocenters. The monoisotopic (exact) mass is 372 g/mol. The van der Waals surface area contributed by atoms with Crippen LogP contribution in [0.3, 0.4) is 0 Å². The summed E-state index contributed by atoms with van der Waals surface area (Å²) in [5, 5.41) is 0. The molecule has 4 nitrogen and oxygen atoms in total. The molecule has 3 aromatic rings. The smallest absolute Gasteiger partial charge is 0.162 e. The molecule has 1 aromatic carbocycles. The number of pyridine rings is 2. The van der Waals surface area contributed by atoms with Crippen LogP contribution in [0.4, 0.5) is 0 Å². The predicted octanol–water partition coefficient (Wildman–Crippen LogP) is 5.40. The lowest BCUT2D eigenvalue weighted by Gasteiger charge is -2.18. The molecule has 1 fully saturated rings. The van der Waals surface area contributed by atoms with E-state index in [9.17, 15) is 0 Å². The first kappa shape index (κ1) is 18.2. The number of ether oxygens (including phenoxy) is 2. The molecule has 1 aliphatic rings. The van der Waals surface area contributed by atoms with E-state index in [0.717, 1.165) is 46.6 Å². The van der Waals surface area contributed by atoms with E-state index in [0.29, 0.717) is 0 Å². The Labute approximate surface area is 165 Å². The lowest BCUT2D eigenvalue weighted by Crippen LogP contribution is -2.11. The molecule has 142 valence electrons. The van der Waals surface area contributed by atoms with Crippen LogP contribution in [-0.4, -0.2) is 23.2 Å². The quantitative estimate of drug-likeness (QED) is 0.581. The number of rotatable bonds is 6. The molecular weight excluding hydrogens is 348 g/mol. The highest BCUT2D eigenvalue weighted by atomic mass is 16.5. The highest BCUT2D eigenvalue weighted by molar-refractivity contribution is 5.91. The summed E-state index contributed by atoms with van der Waals surface area (Å²) >= 11 is 0. The van der Waals surface area contributed by atoms with Gasteiger partial charge in [0.25, 0.3) is 0 Å². The average Bonchev–Trinajstić information content (AvgIpc) is 3.26. The summed E-state index contributed by atoms with van der Waals surface area (Å²) in [5.74, 6) is 1.58. The summed E-state index contributed by atoms with van der Waals surface area (Å²) < 4.78 is 11.9. The Balaban J connectivity index is 1.76. The van der Waals surface area contributed by atoms with Gasteiger partial charge in [0.2, 0.25) is 0 Å². The summed E-state index contributed by atoms with van der Waals surface area (Å²) in [5.41, 5.74) is 4.38. The number of methoxy groups -OCH3 is 1. The second kappa shape index (κ2) is 8.70. The third-order valence-corrected chi connectivity index (χ3v) is 5.08. The highest BCUT2D eigenvalue weighted by Gasteiger charge is 2.19. The fourth-order valence-corrected chi connectivity index (χ4v) is 3.61. The van der Waals surface area contributed by atoms with E-state index in [4.69, 9.17) is 9.47 Å². The minimum absolute atomic E-state index is 0.276. The molecule has 0 N–H and O–H groups in total. The van der Waals surface area contributed by atoms with Crippen LogP contribution in [0.5, 0.6) is 11.5 Å². The average molecular weight is 372 g/mol. The van der Waals surface area contributed by atoms with Gasteiger partial charge in [-0.05, 0) is 90.4 Å². The van der Waals surface area contributed by atoms with E-state index in [1.807, 2.05) is 42.7 Å². The van der Waals surface area contributed by atoms with Crippen molar-refractivity contribution in [2.45, 2.75) is 31.8 Å². The Kier molecular flexibility index (Phi) is 5.66. The Hall–Kier alpha value is -3.14. The second-order valence-electron chi connectivity index (χ2n) is 6.96. The third-order valence-electron chi connectivity index (χ3n) is 5.08. The molecule has 0 amide bonds. The molecule has 0 bridgehead atoms. The summed E-state index contributed by atoms with van der Waals surface area (Å²) in [4.78, 5) is 8.28. The van der Waals surface area contributed by atoms with Crippen molar-refractivity contribution in [3.05, 3.63) is 83.9 Å². The molecule has 1 aliphatic carbocycles. The van der Waals surface area contributed by atoms with Gasteiger partial charge in [0.1, 0.15) is 0 Å². The number of aromatic nitrogens is 2. The normalized spacial score (nSPS) is 14.8. The molecule has 0 unspecified atom stereocenters. The Morgan fingerprint density at radius 1 is 0.857 bits per heavy atom. The zero-order valence-corrected chi connectivity index (χ0v) is 16.0. The van der Waals surface area contributed by atoms with Crippen LogP contribution in [0.1, 0.15) is 42.4 Å². The Morgan fingerprint density at radius 3 is 2.21 bits per heavy atom. The van der Waals surface area contributed by atoms with Gasteiger partial charge in [0, 0.05) is 24.8 Å². The largest absolute Gasteiger partial charge is 0.493 e. The topological polar surface area (TPSA) is 44.2 Å². The van der Waals surface area contributed by atoms with Crippen LogP contribution in [0.2, 0.25) is 0 Å². The van der Waals surface area contributed by atoms with Gasteiger partial charge >= 0.3 is 0 Å². The highest BCUT2D eigenvalue weighted by Crippen LogP contribution is 2.36. The van der Waals surface area contributed by atoms with Crippen molar-refractivity contribution in [1.82, 2.24) is 9.97 Å². The molecule has 2 heterocycles. The maximum atomic E-state index is 6.30. The van der Waals surface area contributed by atoms with Gasteiger partial charge in [-0.25, -0.2) is 0 Å². The second-order valence-corrected chi connectivity index (χ2v) is 6.96. The first-order valence-electron chi connectivity index (χ1n) is 9.70. The van der Waals surface area contributed by atoms with E-state index in [2.05, 4.69) is 28.2 Å². The van der Waals surface area contributed by atoms with Crippen molar-refractivity contribution in [3.8, 4) is 11.5 Å². The number of nitrogens with zero attached hydrogens (tertiary/aromatic N) is 2. The van der Waals surface area contributed by atoms with Crippen molar-refractivity contribution in [3.63, 3.8) is 0 Å². The van der Waals surface area contributed by atoms with Crippen LogP contribution in [0, 0.1) is 0 Å². The van der Waals surface area contributed by atoms with Crippen LogP contribution < -0.4 is 9.47 Å². The lowest BCUT2D eigenvalue weighted by molar-refractivity contribution is 0.201. The van der Waals surface area contributed by atoms with Crippen molar-refractivity contribution in [1.29, 1.82) is 0 Å². The van der Waals surface area contributed by atoms with Crippen molar-refractivity contribution >= 4 is 11.6 Å². The minimum Gasteiger partial charge on any atom is -0.493 e. The van der Waals surface area contributed by atoms with Crippen LogP contribution in [0.25, 0.3) is 11.6 Å². The van der Waals surface area contributed by atoms with Crippen molar-refractivity contribution in [2.24, 2.45) is 0 Å². The summed E-state index contributed by atoms with van der Waals surface area (Å²) in [6.45, 7) is 0. The van der Waals surface area contributed by atoms with Crippen molar-refractivity contribution < 1.29 is 9.47 Å². The van der Waals surface area contributed by atoms with Crippen molar-refractivity contribution in [2.75, 3.05) is 7.11 Å². The molecule has 4 heteroatoms. The SMILES string of the molecule is COc1ccc(/C(=C/c2ccncc2)c2ccncc2)cc1OC1CCCC1. The van der Waals surface area contributed by atoms with Crippen LogP contribution in [0.15, 0.2) is 67.3 Å². The Morgan fingerprint density at radius 2 is 1.54 bits per heavy atom. The first-order chi connectivity index (χ1) is 13.8. The van der Waals surface area contributed by atoms with Gasteiger partial charge in [-0.1, -0.05) is 6.07 Å². The van der Waals surface area contributed by atoms with Crippen LogP contribution in [-0.2, 0) is 0 Å².